The second-order valence-electron chi connectivity index (χ2n) is 5.30. The Morgan fingerprint density at radius 3 is 2.55 bits per heavy atom. The normalized spacial score (nSPS) is 23.3. The van der Waals surface area contributed by atoms with Crippen molar-refractivity contribution >= 4 is 11.9 Å². The molecule has 1 aromatic rings. The van der Waals surface area contributed by atoms with Crippen molar-refractivity contribution in [3.05, 3.63) is 35.6 Å². The van der Waals surface area contributed by atoms with E-state index in [-0.39, 0.29) is 17.6 Å². The standard InChI is InChI=1S/C15H18FNO3/c1-9(12-4-2-3-5-13(12)16)17-14(18)10-6-7-11(8-10)15(19)20/h2-5,9-11H,6-8H2,1H3,(H,17,18)(H,19,20)/t9-,10?,11?/m1/s1. The lowest BCUT2D eigenvalue weighted by atomic mass is 10.0. The summed E-state index contributed by atoms with van der Waals surface area (Å²) in [5.74, 6) is -2.11. The first-order valence-electron chi connectivity index (χ1n) is 6.76. The van der Waals surface area contributed by atoms with E-state index in [9.17, 15) is 14.0 Å². The van der Waals surface area contributed by atoms with Gasteiger partial charge in [-0.05, 0) is 32.3 Å². The van der Waals surface area contributed by atoms with Gasteiger partial charge in [0.05, 0.1) is 12.0 Å². The lowest BCUT2D eigenvalue weighted by Crippen LogP contribution is -2.32. The van der Waals surface area contributed by atoms with Crippen molar-refractivity contribution in [1.29, 1.82) is 0 Å². The van der Waals surface area contributed by atoms with Crippen LogP contribution in [0.4, 0.5) is 4.39 Å². The molecule has 0 spiro atoms. The number of carbonyl (C=O) groups excluding carboxylic acids is 1. The molecule has 0 bridgehead atoms. The van der Waals surface area contributed by atoms with Crippen LogP contribution in [-0.2, 0) is 9.59 Å². The largest absolute Gasteiger partial charge is 0.481 e. The molecule has 1 aliphatic carbocycles. The van der Waals surface area contributed by atoms with E-state index in [1.165, 1.54) is 6.07 Å². The Labute approximate surface area is 117 Å². The molecule has 0 radical (unpaired) electrons. The van der Waals surface area contributed by atoms with E-state index in [4.69, 9.17) is 5.11 Å². The molecule has 0 heterocycles. The Hall–Kier alpha value is -1.91. The molecule has 0 saturated heterocycles. The summed E-state index contributed by atoms with van der Waals surface area (Å²) >= 11 is 0. The van der Waals surface area contributed by atoms with Gasteiger partial charge >= 0.3 is 5.97 Å². The molecular weight excluding hydrogens is 261 g/mol. The molecule has 4 nitrogen and oxygen atoms in total. The van der Waals surface area contributed by atoms with Crippen molar-refractivity contribution in [2.24, 2.45) is 11.8 Å². The molecule has 5 heteroatoms. The van der Waals surface area contributed by atoms with Crippen molar-refractivity contribution < 1.29 is 19.1 Å². The monoisotopic (exact) mass is 279 g/mol. The number of rotatable bonds is 4. The van der Waals surface area contributed by atoms with Crippen LogP contribution in [0.25, 0.3) is 0 Å². The average Bonchev–Trinajstić information content (AvgIpc) is 2.88. The van der Waals surface area contributed by atoms with Gasteiger partial charge in [0.25, 0.3) is 0 Å². The van der Waals surface area contributed by atoms with Gasteiger partial charge < -0.3 is 10.4 Å². The van der Waals surface area contributed by atoms with Crippen LogP contribution >= 0.6 is 0 Å². The Morgan fingerprint density at radius 2 is 1.95 bits per heavy atom. The van der Waals surface area contributed by atoms with E-state index in [1.54, 1.807) is 25.1 Å². The maximum absolute atomic E-state index is 13.6. The third-order valence-electron chi connectivity index (χ3n) is 3.88. The minimum absolute atomic E-state index is 0.190. The van der Waals surface area contributed by atoms with Gasteiger partial charge in [-0.2, -0.15) is 0 Å². The smallest absolute Gasteiger partial charge is 0.306 e. The zero-order valence-corrected chi connectivity index (χ0v) is 11.3. The summed E-state index contributed by atoms with van der Waals surface area (Å²) in [6.45, 7) is 1.72. The average molecular weight is 279 g/mol. The van der Waals surface area contributed by atoms with Crippen LogP contribution in [0.15, 0.2) is 24.3 Å². The molecular formula is C15H18FNO3. The highest BCUT2D eigenvalue weighted by Crippen LogP contribution is 2.31. The van der Waals surface area contributed by atoms with E-state index in [0.717, 1.165) is 0 Å². The first-order valence-corrected chi connectivity index (χ1v) is 6.76. The van der Waals surface area contributed by atoms with Gasteiger partial charge in [-0.1, -0.05) is 18.2 Å². The Balaban J connectivity index is 1.95. The number of hydrogen-bond acceptors (Lipinski definition) is 2. The molecule has 1 saturated carbocycles. The number of hydrogen-bond donors (Lipinski definition) is 2. The predicted molar refractivity (Wildman–Crippen MR) is 71.4 cm³/mol. The molecule has 3 atom stereocenters. The number of aliphatic carboxylic acids is 1. The van der Waals surface area contributed by atoms with Crippen LogP contribution in [0.2, 0.25) is 0 Å². The fourth-order valence-electron chi connectivity index (χ4n) is 2.68. The van der Waals surface area contributed by atoms with Crippen molar-refractivity contribution in [2.75, 3.05) is 0 Å². The number of carbonyl (C=O) groups is 2. The van der Waals surface area contributed by atoms with Gasteiger partial charge in [-0.15, -0.1) is 0 Å². The minimum Gasteiger partial charge on any atom is -0.481 e. The number of carboxylic acids is 1. The second kappa shape index (κ2) is 6.03. The lowest BCUT2D eigenvalue weighted by molar-refractivity contribution is -0.141. The van der Waals surface area contributed by atoms with Gasteiger partial charge in [0, 0.05) is 11.5 Å². The van der Waals surface area contributed by atoms with Crippen molar-refractivity contribution in [1.82, 2.24) is 5.32 Å². The lowest BCUT2D eigenvalue weighted by Gasteiger charge is -2.18. The molecule has 108 valence electrons. The molecule has 20 heavy (non-hydrogen) atoms. The number of amides is 1. The van der Waals surface area contributed by atoms with Crippen molar-refractivity contribution in [3.8, 4) is 0 Å². The van der Waals surface area contributed by atoms with Gasteiger partial charge in [0.1, 0.15) is 5.82 Å². The van der Waals surface area contributed by atoms with E-state index >= 15 is 0 Å². The summed E-state index contributed by atoms with van der Waals surface area (Å²) in [5, 5.41) is 11.7. The maximum Gasteiger partial charge on any atom is 0.306 e. The van der Waals surface area contributed by atoms with Crippen LogP contribution in [0.3, 0.4) is 0 Å². The maximum atomic E-state index is 13.6. The minimum atomic E-state index is -0.845. The Bertz CT molecular complexity index is 518. The van der Waals surface area contributed by atoms with Crippen LogP contribution in [0, 0.1) is 17.7 Å². The highest BCUT2D eigenvalue weighted by atomic mass is 19.1. The predicted octanol–water partition coefficient (Wildman–Crippen LogP) is 2.50. The number of nitrogens with one attached hydrogen (secondary N) is 1. The molecule has 1 aromatic carbocycles. The molecule has 1 amide bonds. The molecule has 0 aromatic heterocycles. The summed E-state index contributed by atoms with van der Waals surface area (Å²) in [5.41, 5.74) is 0.439. The quantitative estimate of drug-likeness (QED) is 0.890. The van der Waals surface area contributed by atoms with Crippen LogP contribution in [-0.4, -0.2) is 17.0 Å². The third kappa shape index (κ3) is 3.15. The third-order valence-corrected chi connectivity index (χ3v) is 3.88. The van der Waals surface area contributed by atoms with Crippen molar-refractivity contribution in [2.45, 2.75) is 32.2 Å². The van der Waals surface area contributed by atoms with Gasteiger partial charge in [0.15, 0.2) is 0 Å². The molecule has 1 aliphatic rings. The molecule has 2 N–H and O–H groups in total. The van der Waals surface area contributed by atoms with Crippen LogP contribution in [0.5, 0.6) is 0 Å². The van der Waals surface area contributed by atoms with Gasteiger partial charge in [-0.25, -0.2) is 4.39 Å². The summed E-state index contributed by atoms with van der Waals surface area (Å²) in [4.78, 5) is 23.0. The molecule has 2 unspecified atom stereocenters. The van der Waals surface area contributed by atoms with E-state index < -0.39 is 17.9 Å². The van der Waals surface area contributed by atoms with E-state index in [2.05, 4.69) is 5.32 Å². The zero-order chi connectivity index (χ0) is 14.7. The van der Waals surface area contributed by atoms with Crippen LogP contribution in [0.1, 0.15) is 37.8 Å². The SMILES string of the molecule is C[C@@H](NC(=O)C1CCC(C(=O)O)C1)c1ccccc1F. The van der Waals surface area contributed by atoms with Crippen molar-refractivity contribution in [3.63, 3.8) is 0 Å². The zero-order valence-electron chi connectivity index (χ0n) is 11.3. The molecule has 2 rings (SSSR count). The molecule has 1 fully saturated rings. The van der Waals surface area contributed by atoms with Gasteiger partial charge in [0.2, 0.25) is 5.91 Å². The fourth-order valence-corrected chi connectivity index (χ4v) is 2.68. The summed E-state index contributed by atoms with van der Waals surface area (Å²) in [7, 11) is 0. The number of carboxylic acid groups (broad SMARTS) is 1. The van der Waals surface area contributed by atoms with E-state index in [0.29, 0.717) is 24.8 Å². The van der Waals surface area contributed by atoms with Gasteiger partial charge in [-0.3, -0.25) is 9.59 Å². The number of halogens is 1. The highest BCUT2D eigenvalue weighted by Gasteiger charge is 2.34. The Morgan fingerprint density at radius 1 is 1.30 bits per heavy atom. The fraction of sp³-hybridized carbons (Fsp3) is 0.467. The Kier molecular flexibility index (Phi) is 4.37. The topological polar surface area (TPSA) is 66.4 Å². The van der Waals surface area contributed by atoms with E-state index in [1.807, 2.05) is 0 Å². The summed E-state index contributed by atoms with van der Waals surface area (Å²) < 4.78 is 13.6. The second-order valence-corrected chi connectivity index (χ2v) is 5.30. The summed E-state index contributed by atoms with van der Waals surface area (Å²) in [6, 6.07) is 5.88. The highest BCUT2D eigenvalue weighted by molar-refractivity contribution is 5.81. The summed E-state index contributed by atoms with van der Waals surface area (Å²) in [6.07, 6.45) is 1.47. The number of benzene rings is 1. The first-order chi connectivity index (χ1) is 9.49. The molecule has 0 aliphatic heterocycles. The first kappa shape index (κ1) is 14.5. The van der Waals surface area contributed by atoms with Crippen LogP contribution < -0.4 is 5.32 Å².